The molecule has 0 radical (unpaired) electrons. The molecule has 2 atom stereocenters. The van der Waals surface area contributed by atoms with Gasteiger partial charge in [-0.05, 0) is 62.1 Å². The summed E-state index contributed by atoms with van der Waals surface area (Å²) in [4.78, 5) is 13.4. The minimum absolute atomic E-state index is 0.0436. The number of rotatable bonds is 4. The predicted octanol–water partition coefficient (Wildman–Crippen LogP) is 5.18. The molecule has 0 bridgehead atoms. The molecule has 8 heteroatoms. The van der Waals surface area contributed by atoms with Crippen LogP contribution in [0.2, 0.25) is 5.02 Å². The quantitative estimate of drug-likeness (QED) is 0.578. The molecule has 1 aliphatic carbocycles. The van der Waals surface area contributed by atoms with Crippen molar-refractivity contribution in [3.05, 3.63) is 70.8 Å². The van der Waals surface area contributed by atoms with Crippen LogP contribution in [0.5, 0.6) is 0 Å². The Morgan fingerprint density at radius 1 is 1.30 bits per heavy atom. The summed E-state index contributed by atoms with van der Waals surface area (Å²) in [6.07, 6.45) is 9.75. The van der Waals surface area contributed by atoms with Gasteiger partial charge in [0.2, 0.25) is 0 Å². The smallest absolute Gasteiger partial charge is 0.296 e. The molecular weight excluding hydrogens is 404 g/mol. The van der Waals surface area contributed by atoms with Crippen molar-refractivity contribution in [3.8, 4) is 0 Å². The van der Waals surface area contributed by atoms with Crippen LogP contribution in [0.4, 0.5) is 0 Å². The van der Waals surface area contributed by atoms with Gasteiger partial charge in [0.05, 0.1) is 23.3 Å². The van der Waals surface area contributed by atoms with Crippen LogP contribution >= 0.6 is 11.6 Å². The minimum Gasteiger partial charge on any atom is -0.467 e. The maximum Gasteiger partial charge on any atom is 0.296 e. The van der Waals surface area contributed by atoms with E-state index in [1.165, 1.54) is 5.01 Å². The van der Waals surface area contributed by atoms with Gasteiger partial charge in [0.15, 0.2) is 5.69 Å². The standard InChI is InChI=1S/C22H21ClN4O3/c1-2-26-13-17(23)20(24-26)22(28)27-21(18-9-5-11-30-18)16-8-3-6-14(19(16)25-27)12-15-7-4-10-29-15/h4-5,7,9-13,16,21H,2-3,6,8H2,1H3/b14-12-/t16-,21+/m0/s1. The summed E-state index contributed by atoms with van der Waals surface area (Å²) in [5, 5.41) is 10.9. The number of hydrogen-bond donors (Lipinski definition) is 0. The normalized spacial score (nSPS) is 22.4. The average Bonchev–Trinajstić information content (AvgIpc) is 3.53. The zero-order valence-corrected chi connectivity index (χ0v) is 17.2. The number of nitrogens with zero attached hydrogens (tertiary/aromatic N) is 4. The summed E-state index contributed by atoms with van der Waals surface area (Å²) in [7, 11) is 0. The molecule has 30 heavy (non-hydrogen) atoms. The first-order chi connectivity index (χ1) is 14.7. The molecule has 7 nitrogen and oxygen atoms in total. The third-order valence-corrected chi connectivity index (χ3v) is 5.92. The van der Waals surface area contributed by atoms with Crippen molar-refractivity contribution in [1.29, 1.82) is 0 Å². The number of hydrogen-bond acceptors (Lipinski definition) is 5. The Morgan fingerprint density at radius 3 is 2.83 bits per heavy atom. The number of aryl methyl sites for hydroxylation is 1. The van der Waals surface area contributed by atoms with Gasteiger partial charge in [-0.25, -0.2) is 5.01 Å². The van der Waals surface area contributed by atoms with E-state index in [2.05, 4.69) is 5.10 Å². The molecule has 0 N–H and O–H groups in total. The summed E-state index contributed by atoms with van der Waals surface area (Å²) in [5.74, 6) is 1.20. The number of halogens is 1. The first-order valence-electron chi connectivity index (χ1n) is 10.1. The fourth-order valence-corrected chi connectivity index (χ4v) is 4.49. The lowest BCUT2D eigenvalue weighted by Crippen LogP contribution is -2.32. The first kappa shape index (κ1) is 18.9. The van der Waals surface area contributed by atoms with Crippen molar-refractivity contribution in [2.45, 2.75) is 38.8 Å². The number of allylic oxidation sites excluding steroid dienone is 1. The third kappa shape index (κ3) is 3.19. The number of aromatic nitrogens is 2. The molecule has 5 rings (SSSR count). The SMILES string of the molecule is CCn1cc(Cl)c(C(=O)N2N=C3/C(=C\c4ccco4)CCC[C@@H]3[C@@H]2c2ccco2)n1. The van der Waals surface area contributed by atoms with Gasteiger partial charge < -0.3 is 8.83 Å². The van der Waals surface area contributed by atoms with Gasteiger partial charge in [-0.15, -0.1) is 0 Å². The maximum absolute atomic E-state index is 13.4. The van der Waals surface area contributed by atoms with Gasteiger partial charge in [-0.1, -0.05) is 11.6 Å². The van der Waals surface area contributed by atoms with E-state index in [1.54, 1.807) is 23.4 Å². The topological polar surface area (TPSA) is 76.8 Å². The fraction of sp³-hybridized carbons (Fsp3) is 0.318. The van der Waals surface area contributed by atoms with Crippen LogP contribution in [-0.4, -0.2) is 26.4 Å². The van der Waals surface area contributed by atoms with E-state index in [9.17, 15) is 4.79 Å². The van der Waals surface area contributed by atoms with E-state index in [0.29, 0.717) is 17.3 Å². The summed E-state index contributed by atoms with van der Waals surface area (Å²) in [6.45, 7) is 2.57. The molecule has 1 fully saturated rings. The monoisotopic (exact) mass is 424 g/mol. The Labute approximate surface area is 178 Å². The van der Waals surface area contributed by atoms with E-state index < -0.39 is 0 Å². The van der Waals surface area contributed by atoms with Gasteiger partial charge in [-0.3, -0.25) is 9.48 Å². The van der Waals surface area contributed by atoms with Crippen LogP contribution in [0.1, 0.15) is 54.2 Å². The highest BCUT2D eigenvalue weighted by Gasteiger charge is 2.46. The minimum atomic E-state index is -0.328. The Bertz CT molecular complexity index is 1110. The average molecular weight is 425 g/mol. The number of furan rings is 2. The lowest BCUT2D eigenvalue weighted by atomic mass is 9.79. The second-order valence-corrected chi connectivity index (χ2v) is 7.87. The molecule has 3 aromatic rings. The predicted molar refractivity (Wildman–Crippen MR) is 112 cm³/mol. The Hall–Kier alpha value is -3.06. The molecule has 1 saturated carbocycles. The molecular formula is C22H21ClN4O3. The van der Waals surface area contributed by atoms with Crippen molar-refractivity contribution >= 4 is 29.3 Å². The second kappa shape index (κ2) is 7.65. The van der Waals surface area contributed by atoms with Gasteiger partial charge in [0.25, 0.3) is 5.91 Å². The number of carbonyl (C=O) groups is 1. The maximum atomic E-state index is 13.4. The van der Waals surface area contributed by atoms with Crippen molar-refractivity contribution in [2.24, 2.45) is 11.0 Å². The Balaban J connectivity index is 1.57. The van der Waals surface area contributed by atoms with Crippen molar-refractivity contribution < 1.29 is 13.6 Å². The van der Waals surface area contributed by atoms with Gasteiger partial charge in [0, 0.05) is 18.7 Å². The zero-order valence-electron chi connectivity index (χ0n) is 16.5. The van der Waals surface area contributed by atoms with E-state index in [0.717, 1.165) is 36.3 Å². The van der Waals surface area contributed by atoms with Crippen LogP contribution in [0.3, 0.4) is 0 Å². The van der Waals surface area contributed by atoms with Crippen LogP contribution in [0, 0.1) is 5.92 Å². The summed E-state index contributed by atoms with van der Waals surface area (Å²) in [6, 6.07) is 7.16. The Morgan fingerprint density at radius 2 is 2.13 bits per heavy atom. The van der Waals surface area contributed by atoms with E-state index >= 15 is 0 Å². The van der Waals surface area contributed by atoms with E-state index in [4.69, 9.17) is 25.5 Å². The number of hydrazone groups is 1. The molecule has 0 aromatic carbocycles. The number of carbonyl (C=O) groups excluding carboxylic acids is 1. The van der Waals surface area contributed by atoms with E-state index in [1.807, 2.05) is 37.3 Å². The summed E-state index contributed by atoms with van der Waals surface area (Å²) >= 11 is 6.32. The fourth-order valence-electron chi connectivity index (χ4n) is 4.26. The van der Waals surface area contributed by atoms with Gasteiger partial charge in [-0.2, -0.15) is 10.2 Å². The lowest BCUT2D eigenvalue weighted by Gasteiger charge is -2.27. The molecule has 1 aliphatic heterocycles. The second-order valence-electron chi connectivity index (χ2n) is 7.46. The van der Waals surface area contributed by atoms with E-state index in [-0.39, 0.29) is 23.6 Å². The molecule has 0 unspecified atom stereocenters. The number of fused-ring (bicyclic) bond motifs is 1. The van der Waals surface area contributed by atoms with Gasteiger partial charge >= 0.3 is 0 Å². The summed E-state index contributed by atoms with van der Waals surface area (Å²) in [5.41, 5.74) is 2.19. The van der Waals surface area contributed by atoms with Crippen LogP contribution in [-0.2, 0) is 6.54 Å². The van der Waals surface area contributed by atoms with Crippen LogP contribution < -0.4 is 0 Å². The first-order valence-corrected chi connectivity index (χ1v) is 10.5. The molecule has 154 valence electrons. The molecule has 0 saturated heterocycles. The largest absolute Gasteiger partial charge is 0.467 e. The lowest BCUT2D eigenvalue weighted by molar-refractivity contribution is 0.0649. The molecule has 3 aromatic heterocycles. The van der Waals surface area contributed by atoms with Crippen molar-refractivity contribution in [1.82, 2.24) is 14.8 Å². The highest BCUT2D eigenvalue weighted by Crippen LogP contribution is 2.45. The summed E-state index contributed by atoms with van der Waals surface area (Å²) < 4.78 is 12.9. The molecule has 2 aliphatic rings. The van der Waals surface area contributed by atoms with Gasteiger partial charge in [0.1, 0.15) is 17.6 Å². The third-order valence-electron chi connectivity index (χ3n) is 5.65. The zero-order chi connectivity index (χ0) is 20.7. The Kier molecular flexibility index (Phi) is 4.83. The molecule has 0 spiro atoms. The van der Waals surface area contributed by atoms with Crippen LogP contribution in [0.15, 0.2) is 62.5 Å². The highest BCUT2D eigenvalue weighted by atomic mass is 35.5. The van der Waals surface area contributed by atoms with Crippen molar-refractivity contribution in [2.75, 3.05) is 0 Å². The molecule has 1 amide bonds. The van der Waals surface area contributed by atoms with Crippen LogP contribution in [0.25, 0.3) is 6.08 Å². The van der Waals surface area contributed by atoms with Crippen molar-refractivity contribution in [3.63, 3.8) is 0 Å². The number of amides is 1. The highest BCUT2D eigenvalue weighted by molar-refractivity contribution is 6.33. The molecule has 4 heterocycles.